The first-order valence-electron chi connectivity index (χ1n) is 5.58. The maximum absolute atomic E-state index is 10.2. The Hall–Kier alpha value is -0.840. The second kappa shape index (κ2) is 6.03. The summed E-state index contributed by atoms with van der Waals surface area (Å²) in [6, 6.07) is 0. The van der Waals surface area contributed by atoms with Gasteiger partial charge >= 0.3 is 0 Å². The third kappa shape index (κ3) is 3.63. The summed E-state index contributed by atoms with van der Waals surface area (Å²) < 4.78 is 5.24. The van der Waals surface area contributed by atoms with Gasteiger partial charge in [-0.3, -0.25) is 0 Å². The van der Waals surface area contributed by atoms with Gasteiger partial charge in [0.2, 0.25) is 0 Å². The lowest BCUT2D eigenvalue weighted by Gasteiger charge is -2.31. The molecule has 3 N–H and O–H groups in total. The molecule has 0 heterocycles. The first-order valence-corrected chi connectivity index (χ1v) is 5.58. The van der Waals surface area contributed by atoms with Gasteiger partial charge in [0, 0.05) is 12.5 Å². The number of hydrogen-bond acceptors (Lipinski definition) is 4. The molecule has 0 aromatic carbocycles. The van der Waals surface area contributed by atoms with Gasteiger partial charge in [-0.25, -0.2) is 0 Å². The van der Waals surface area contributed by atoms with E-state index in [0.29, 0.717) is 12.2 Å². The Morgan fingerprint density at radius 1 is 1.38 bits per heavy atom. The van der Waals surface area contributed by atoms with Gasteiger partial charge < -0.3 is 20.1 Å². The SMILES string of the molecule is CC1(O)C=C(OCCO)C=CC1CCCO. The van der Waals surface area contributed by atoms with Gasteiger partial charge in [0.15, 0.2) is 0 Å². The van der Waals surface area contributed by atoms with Gasteiger partial charge in [-0.2, -0.15) is 0 Å². The highest BCUT2D eigenvalue weighted by Gasteiger charge is 2.30. The molecule has 2 unspecified atom stereocenters. The second-order valence-electron chi connectivity index (χ2n) is 4.18. The van der Waals surface area contributed by atoms with Crippen LogP contribution in [0.15, 0.2) is 24.0 Å². The molecule has 0 fully saturated rings. The van der Waals surface area contributed by atoms with E-state index in [9.17, 15) is 5.11 Å². The van der Waals surface area contributed by atoms with E-state index in [1.165, 1.54) is 0 Å². The van der Waals surface area contributed by atoms with E-state index in [4.69, 9.17) is 14.9 Å². The van der Waals surface area contributed by atoms with E-state index >= 15 is 0 Å². The molecule has 1 aliphatic carbocycles. The quantitative estimate of drug-likeness (QED) is 0.622. The van der Waals surface area contributed by atoms with Crippen molar-refractivity contribution in [1.82, 2.24) is 0 Å². The zero-order valence-corrected chi connectivity index (χ0v) is 9.59. The molecule has 16 heavy (non-hydrogen) atoms. The largest absolute Gasteiger partial charge is 0.491 e. The Bertz CT molecular complexity index is 268. The van der Waals surface area contributed by atoms with E-state index in [0.717, 1.165) is 6.42 Å². The van der Waals surface area contributed by atoms with Crippen molar-refractivity contribution in [3.05, 3.63) is 24.0 Å². The van der Waals surface area contributed by atoms with Gasteiger partial charge in [0.1, 0.15) is 12.4 Å². The van der Waals surface area contributed by atoms with Crippen LogP contribution in [-0.2, 0) is 4.74 Å². The number of ether oxygens (including phenoxy) is 1. The van der Waals surface area contributed by atoms with Crippen molar-refractivity contribution in [2.75, 3.05) is 19.8 Å². The summed E-state index contributed by atoms with van der Waals surface area (Å²) in [6.07, 6.45) is 6.76. The summed E-state index contributed by atoms with van der Waals surface area (Å²) in [5.74, 6) is 0.584. The normalized spacial score (nSPS) is 29.0. The van der Waals surface area contributed by atoms with Crippen molar-refractivity contribution < 1.29 is 20.1 Å². The molecule has 4 nitrogen and oxygen atoms in total. The summed E-state index contributed by atoms with van der Waals surface area (Å²) in [6.45, 7) is 2.05. The van der Waals surface area contributed by atoms with E-state index in [2.05, 4.69) is 0 Å². The molecule has 92 valence electrons. The van der Waals surface area contributed by atoms with Gasteiger partial charge in [-0.15, -0.1) is 0 Å². The fourth-order valence-corrected chi connectivity index (χ4v) is 1.80. The van der Waals surface area contributed by atoms with Gasteiger partial charge in [-0.05, 0) is 31.9 Å². The van der Waals surface area contributed by atoms with Crippen molar-refractivity contribution in [1.29, 1.82) is 0 Å². The van der Waals surface area contributed by atoms with Crippen LogP contribution in [0.5, 0.6) is 0 Å². The molecule has 0 aromatic rings. The minimum atomic E-state index is -0.950. The molecule has 0 aliphatic heterocycles. The van der Waals surface area contributed by atoms with Crippen LogP contribution in [0.4, 0.5) is 0 Å². The molecular weight excluding hydrogens is 208 g/mol. The first-order chi connectivity index (χ1) is 7.60. The van der Waals surface area contributed by atoms with E-state index in [1.807, 2.05) is 6.08 Å². The summed E-state index contributed by atoms with van der Waals surface area (Å²) in [5.41, 5.74) is -0.950. The number of hydrogen-bond donors (Lipinski definition) is 3. The van der Waals surface area contributed by atoms with Crippen LogP contribution in [-0.4, -0.2) is 40.7 Å². The molecule has 0 amide bonds. The van der Waals surface area contributed by atoms with Crippen molar-refractivity contribution in [2.24, 2.45) is 5.92 Å². The van der Waals surface area contributed by atoms with Crippen molar-refractivity contribution in [2.45, 2.75) is 25.4 Å². The minimum Gasteiger partial charge on any atom is -0.491 e. The summed E-state index contributed by atoms with van der Waals surface area (Å²) in [5, 5.41) is 27.6. The maximum atomic E-state index is 10.2. The van der Waals surface area contributed by atoms with Gasteiger partial charge in [-0.1, -0.05) is 6.08 Å². The number of aliphatic hydroxyl groups is 3. The number of allylic oxidation sites excluding steroid dienone is 1. The highest BCUT2D eigenvalue weighted by molar-refractivity contribution is 5.25. The smallest absolute Gasteiger partial charge is 0.117 e. The van der Waals surface area contributed by atoms with Crippen LogP contribution < -0.4 is 0 Å². The zero-order valence-electron chi connectivity index (χ0n) is 9.59. The fraction of sp³-hybridized carbons (Fsp3) is 0.667. The molecule has 0 saturated heterocycles. The zero-order chi connectivity index (χ0) is 12.0. The highest BCUT2D eigenvalue weighted by Crippen LogP contribution is 2.30. The monoisotopic (exact) mass is 228 g/mol. The predicted molar refractivity (Wildman–Crippen MR) is 60.7 cm³/mol. The average molecular weight is 228 g/mol. The molecule has 0 radical (unpaired) electrons. The standard InChI is InChI=1S/C12H20O4/c1-12(15)9-11(16-8-7-14)5-4-10(12)3-2-6-13/h4-5,9-10,13-15H,2-3,6-8H2,1H3. The maximum Gasteiger partial charge on any atom is 0.117 e. The Morgan fingerprint density at radius 2 is 2.12 bits per heavy atom. The van der Waals surface area contributed by atoms with Crippen molar-refractivity contribution >= 4 is 0 Å². The third-order valence-electron chi connectivity index (χ3n) is 2.71. The summed E-state index contributed by atoms with van der Waals surface area (Å²) in [4.78, 5) is 0. The van der Waals surface area contributed by atoms with Crippen LogP contribution in [0.25, 0.3) is 0 Å². The second-order valence-corrected chi connectivity index (χ2v) is 4.18. The van der Waals surface area contributed by atoms with Crippen LogP contribution in [0.1, 0.15) is 19.8 Å². The van der Waals surface area contributed by atoms with E-state index in [-0.39, 0.29) is 25.7 Å². The van der Waals surface area contributed by atoms with Crippen molar-refractivity contribution in [3.8, 4) is 0 Å². The fourth-order valence-electron chi connectivity index (χ4n) is 1.80. The lowest BCUT2D eigenvalue weighted by molar-refractivity contribution is 0.0500. The molecule has 1 rings (SSSR count). The summed E-state index contributed by atoms with van der Waals surface area (Å²) >= 11 is 0. The third-order valence-corrected chi connectivity index (χ3v) is 2.71. The molecule has 1 aliphatic rings. The van der Waals surface area contributed by atoms with Crippen molar-refractivity contribution in [3.63, 3.8) is 0 Å². The molecule has 4 heteroatoms. The van der Waals surface area contributed by atoms with Crippen LogP contribution in [0.3, 0.4) is 0 Å². The van der Waals surface area contributed by atoms with Gasteiger partial charge in [0.25, 0.3) is 0 Å². The Morgan fingerprint density at radius 3 is 2.69 bits per heavy atom. The van der Waals surface area contributed by atoms with Gasteiger partial charge in [0.05, 0.1) is 12.2 Å². The number of aliphatic hydroxyl groups excluding tert-OH is 2. The predicted octanol–water partition coefficient (Wildman–Crippen LogP) is 0.589. The van der Waals surface area contributed by atoms with E-state index < -0.39 is 5.60 Å². The minimum absolute atomic E-state index is 0.00104. The van der Waals surface area contributed by atoms with Crippen LogP contribution in [0.2, 0.25) is 0 Å². The Balaban J connectivity index is 2.58. The number of rotatable bonds is 6. The average Bonchev–Trinajstić information content (AvgIpc) is 2.24. The molecule has 0 aromatic heterocycles. The Kier molecular flexibility index (Phi) is 4.99. The van der Waals surface area contributed by atoms with E-state index in [1.54, 1.807) is 19.1 Å². The Labute approximate surface area is 95.9 Å². The van der Waals surface area contributed by atoms with Crippen LogP contribution in [0, 0.1) is 5.92 Å². The topological polar surface area (TPSA) is 69.9 Å². The molecule has 0 bridgehead atoms. The lowest BCUT2D eigenvalue weighted by Crippen LogP contribution is -2.33. The first kappa shape index (κ1) is 13.2. The highest BCUT2D eigenvalue weighted by atomic mass is 16.5. The molecule has 2 atom stereocenters. The molecule has 0 spiro atoms. The lowest BCUT2D eigenvalue weighted by atomic mass is 9.82. The molecular formula is C12H20O4. The van der Waals surface area contributed by atoms with Crippen LogP contribution >= 0.6 is 0 Å². The molecule has 0 saturated carbocycles. The summed E-state index contributed by atoms with van der Waals surface area (Å²) in [7, 11) is 0.